The molecule has 0 saturated heterocycles. The van der Waals surface area contributed by atoms with Gasteiger partial charge in [0.15, 0.2) is 0 Å². The monoisotopic (exact) mass is 372 g/mol. The summed E-state index contributed by atoms with van der Waals surface area (Å²) in [5.74, 6) is 0.242. The van der Waals surface area contributed by atoms with Gasteiger partial charge in [0.25, 0.3) is 0 Å². The van der Waals surface area contributed by atoms with Gasteiger partial charge in [0, 0.05) is 23.7 Å². The summed E-state index contributed by atoms with van der Waals surface area (Å²) >= 11 is 5.86. The molecule has 0 aliphatic heterocycles. The summed E-state index contributed by atoms with van der Waals surface area (Å²) in [5.41, 5.74) is 0.864. The van der Waals surface area contributed by atoms with Crippen molar-refractivity contribution in [3.63, 3.8) is 0 Å². The third-order valence-electron chi connectivity index (χ3n) is 4.62. The number of hydrogen-bond donors (Lipinski definition) is 2. The molecule has 0 atom stereocenters. The summed E-state index contributed by atoms with van der Waals surface area (Å²) < 4.78 is 5.28. The second-order valence-corrected chi connectivity index (χ2v) is 6.82. The molecule has 2 amide bonds. The maximum atomic E-state index is 12.6. The maximum absolute atomic E-state index is 12.6. The highest BCUT2D eigenvalue weighted by Gasteiger charge is 2.56. The van der Waals surface area contributed by atoms with E-state index in [0.717, 1.165) is 11.1 Å². The molecule has 6 heteroatoms. The maximum Gasteiger partial charge on any atom is 0.235 e. The van der Waals surface area contributed by atoms with Crippen LogP contribution in [0.4, 0.5) is 0 Å². The lowest BCUT2D eigenvalue weighted by Crippen LogP contribution is -2.42. The van der Waals surface area contributed by atoms with Crippen molar-refractivity contribution in [2.24, 2.45) is 5.41 Å². The van der Waals surface area contributed by atoms with Crippen molar-refractivity contribution >= 4 is 23.4 Å². The highest BCUT2D eigenvalue weighted by Crippen LogP contribution is 2.46. The Morgan fingerprint density at radius 1 is 1.00 bits per heavy atom. The van der Waals surface area contributed by atoms with E-state index in [1.54, 1.807) is 19.2 Å². The first-order chi connectivity index (χ1) is 12.5. The van der Waals surface area contributed by atoms with Crippen LogP contribution < -0.4 is 15.4 Å². The van der Waals surface area contributed by atoms with E-state index in [4.69, 9.17) is 16.3 Å². The van der Waals surface area contributed by atoms with Crippen LogP contribution in [0.15, 0.2) is 48.5 Å². The van der Waals surface area contributed by atoms with Crippen molar-refractivity contribution in [2.75, 3.05) is 7.11 Å². The van der Waals surface area contributed by atoms with E-state index in [1.807, 2.05) is 36.4 Å². The van der Waals surface area contributed by atoms with Crippen LogP contribution in [0.3, 0.4) is 0 Å². The number of methoxy groups -OCH3 is 1. The molecule has 0 radical (unpaired) electrons. The van der Waals surface area contributed by atoms with Crippen molar-refractivity contribution in [3.05, 3.63) is 64.7 Å². The van der Waals surface area contributed by atoms with E-state index < -0.39 is 5.41 Å². The zero-order valence-electron chi connectivity index (χ0n) is 14.5. The van der Waals surface area contributed by atoms with Gasteiger partial charge in [0.05, 0.1) is 7.11 Å². The summed E-state index contributed by atoms with van der Waals surface area (Å²) in [6.45, 7) is 0.701. The number of carbonyl (C=O) groups excluding carboxylic acids is 2. The highest BCUT2D eigenvalue weighted by atomic mass is 35.5. The standard InChI is InChI=1S/C20H21ClN2O3/c1-26-17-5-3-2-4-15(17)13-23-19(25)20(10-11-20)18(24)22-12-14-6-8-16(21)9-7-14/h2-9H,10-13H2,1H3,(H,22,24)(H,23,25). The minimum atomic E-state index is -0.950. The largest absolute Gasteiger partial charge is 0.496 e. The molecule has 3 rings (SSSR count). The van der Waals surface area contributed by atoms with Gasteiger partial charge in [-0.2, -0.15) is 0 Å². The van der Waals surface area contributed by atoms with Gasteiger partial charge in [-0.3, -0.25) is 9.59 Å². The van der Waals surface area contributed by atoms with Gasteiger partial charge in [-0.1, -0.05) is 41.9 Å². The van der Waals surface area contributed by atoms with Crippen molar-refractivity contribution in [3.8, 4) is 5.75 Å². The summed E-state index contributed by atoms with van der Waals surface area (Å²) in [4.78, 5) is 25.1. The topological polar surface area (TPSA) is 67.4 Å². The van der Waals surface area contributed by atoms with Crippen molar-refractivity contribution in [2.45, 2.75) is 25.9 Å². The molecule has 2 aromatic rings. The molecule has 0 spiro atoms. The van der Waals surface area contributed by atoms with E-state index in [-0.39, 0.29) is 11.8 Å². The van der Waals surface area contributed by atoms with Gasteiger partial charge in [0.2, 0.25) is 11.8 Å². The SMILES string of the molecule is COc1ccccc1CNC(=O)C1(C(=O)NCc2ccc(Cl)cc2)CC1. The molecule has 0 heterocycles. The van der Waals surface area contributed by atoms with E-state index in [9.17, 15) is 9.59 Å². The van der Waals surface area contributed by atoms with Gasteiger partial charge >= 0.3 is 0 Å². The molecule has 1 saturated carbocycles. The lowest BCUT2D eigenvalue weighted by atomic mass is 10.0. The first-order valence-corrected chi connectivity index (χ1v) is 8.86. The Balaban J connectivity index is 1.56. The molecule has 0 aromatic heterocycles. The molecule has 5 nitrogen and oxygen atoms in total. The third-order valence-corrected chi connectivity index (χ3v) is 4.87. The molecule has 0 bridgehead atoms. The Hall–Kier alpha value is -2.53. The minimum absolute atomic E-state index is 0.232. The van der Waals surface area contributed by atoms with Crippen molar-refractivity contribution < 1.29 is 14.3 Å². The predicted octanol–water partition coefficient (Wildman–Crippen LogP) is 3.06. The van der Waals surface area contributed by atoms with Gasteiger partial charge in [0.1, 0.15) is 11.2 Å². The highest BCUT2D eigenvalue weighted by molar-refractivity contribution is 6.30. The summed E-state index contributed by atoms with van der Waals surface area (Å²) in [6.07, 6.45) is 1.13. The number of nitrogens with one attached hydrogen (secondary N) is 2. The molecule has 2 N–H and O–H groups in total. The van der Waals surface area contributed by atoms with E-state index >= 15 is 0 Å². The van der Waals surface area contributed by atoms with Crippen molar-refractivity contribution in [1.82, 2.24) is 10.6 Å². The first-order valence-electron chi connectivity index (χ1n) is 8.48. The first kappa shape index (κ1) is 18.3. The molecule has 26 heavy (non-hydrogen) atoms. The lowest BCUT2D eigenvalue weighted by Gasteiger charge is -2.16. The van der Waals surface area contributed by atoms with Gasteiger partial charge in [-0.15, -0.1) is 0 Å². The Labute approximate surface area is 157 Å². The quantitative estimate of drug-likeness (QED) is 0.734. The summed E-state index contributed by atoms with van der Waals surface area (Å²) in [5, 5.41) is 6.37. The van der Waals surface area contributed by atoms with Crippen LogP contribution in [0.5, 0.6) is 5.75 Å². The second kappa shape index (κ2) is 7.79. The second-order valence-electron chi connectivity index (χ2n) is 6.39. The number of para-hydroxylation sites is 1. The smallest absolute Gasteiger partial charge is 0.235 e. The number of amides is 2. The Kier molecular flexibility index (Phi) is 5.47. The molecular formula is C20H21ClN2O3. The molecule has 136 valence electrons. The molecule has 2 aromatic carbocycles. The van der Waals surface area contributed by atoms with Gasteiger partial charge in [-0.25, -0.2) is 0 Å². The van der Waals surface area contributed by atoms with E-state index in [0.29, 0.717) is 36.7 Å². The van der Waals surface area contributed by atoms with Crippen LogP contribution in [0.2, 0.25) is 5.02 Å². The number of benzene rings is 2. The van der Waals surface area contributed by atoms with Crippen LogP contribution in [0.1, 0.15) is 24.0 Å². The lowest BCUT2D eigenvalue weighted by molar-refractivity contribution is -0.137. The number of ether oxygens (including phenoxy) is 1. The number of hydrogen-bond acceptors (Lipinski definition) is 3. The fraction of sp³-hybridized carbons (Fsp3) is 0.300. The van der Waals surface area contributed by atoms with Crippen LogP contribution in [0.25, 0.3) is 0 Å². The molecule has 1 fully saturated rings. The third kappa shape index (κ3) is 3.99. The average molecular weight is 373 g/mol. The van der Waals surface area contributed by atoms with Crippen LogP contribution in [-0.4, -0.2) is 18.9 Å². The van der Waals surface area contributed by atoms with Crippen LogP contribution in [-0.2, 0) is 22.7 Å². The summed E-state index contributed by atoms with van der Waals surface area (Å²) in [6, 6.07) is 14.7. The van der Waals surface area contributed by atoms with E-state index in [1.165, 1.54) is 0 Å². The Bertz CT molecular complexity index is 801. The number of halogens is 1. The van der Waals surface area contributed by atoms with E-state index in [2.05, 4.69) is 10.6 Å². The number of carbonyl (C=O) groups is 2. The van der Waals surface area contributed by atoms with Crippen LogP contribution >= 0.6 is 11.6 Å². The predicted molar refractivity (Wildman–Crippen MR) is 99.8 cm³/mol. The average Bonchev–Trinajstić information content (AvgIpc) is 3.47. The molecular weight excluding hydrogens is 352 g/mol. The summed E-state index contributed by atoms with van der Waals surface area (Å²) in [7, 11) is 1.59. The van der Waals surface area contributed by atoms with Crippen molar-refractivity contribution in [1.29, 1.82) is 0 Å². The number of rotatable bonds is 7. The normalized spacial score (nSPS) is 14.4. The van der Waals surface area contributed by atoms with Gasteiger partial charge < -0.3 is 15.4 Å². The Morgan fingerprint density at radius 3 is 2.23 bits per heavy atom. The van der Waals surface area contributed by atoms with Crippen LogP contribution in [0, 0.1) is 5.41 Å². The Morgan fingerprint density at radius 2 is 1.62 bits per heavy atom. The fourth-order valence-corrected chi connectivity index (χ4v) is 2.96. The fourth-order valence-electron chi connectivity index (χ4n) is 2.83. The molecule has 1 aliphatic carbocycles. The molecule has 0 unspecified atom stereocenters. The van der Waals surface area contributed by atoms with Gasteiger partial charge in [-0.05, 0) is 36.6 Å². The zero-order chi connectivity index (χ0) is 18.6. The zero-order valence-corrected chi connectivity index (χ0v) is 15.3. The minimum Gasteiger partial charge on any atom is -0.496 e. The molecule has 1 aliphatic rings.